The lowest BCUT2D eigenvalue weighted by Crippen LogP contribution is -2.05. The summed E-state index contributed by atoms with van der Waals surface area (Å²) in [5.41, 5.74) is -1.95. The molecule has 0 aliphatic rings. The summed E-state index contributed by atoms with van der Waals surface area (Å²) >= 11 is 0.485. The maximum Gasteiger partial charge on any atom is 0.198 e. The minimum absolute atomic E-state index is 0.485. The van der Waals surface area contributed by atoms with Gasteiger partial charge in [0.25, 0.3) is 0 Å². The smallest absolute Gasteiger partial charge is 0.198 e. The summed E-state index contributed by atoms with van der Waals surface area (Å²) in [7, 11) is 0. The van der Waals surface area contributed by atoms with Crippen molar-refractivity contribution in [3.8, 4) is 11.8 Å². The summed E-state index contributed by atoms with van der Waals surface area (Å²) < 4.78 is 110. The SMILES string of the molecule is Cc1c(F)c(F)c(C#Cc2scc(F)c2F)c2c(F)c(F)c(F)c(F)c12. The number of aryl methyl sites for hydroxylation is 1. The van der Waals surface area contributed by atoms with E-state index in [9.17, 15) is 35.1 Å². The summed E-state index contributed by atoms with van der Waals surface area (Å²) in [6.07, 6.45) is 0. The molecule has 0 bridgehead atoms. The molecule has 0 aliphatic heterocycles. The van der Waals surface area contributed by atoms with Gasteiger partial charge < -0.3 is 0 Å². The predicted molar refractivity (Wildman–Crippen MR) is 78.6 cm³/mol. The van der Waals surface area contributed by atoms with E-state index >= 15 is 0 Å². The molecular formula is C17H4F8S. The zero-order valence-corrected chi connectivity index (χ0v) is 13.3. The third-order valence-corrected chi connectivity index (χ3v) is 4.47. The van der Waals surface area contributed by atoms with E-state index in [1.807, 2.05) is 11.8 Å². The molecule has 0 spiro atoms. The Morgan fingerprint density at radius 2 is 1.23 bits per heavy atom. The summed E-state index contributed by atoms with van der Waals surface area (Å²) in [5, 5.41) is -1.43. The lowest BCUT2D eigenvalue weighted by atomic mass is 9.97. The number of halogens is 8. The molecule has 1 aromatic heterocycles. The second kappa shape index (κ2) is 6.29. The van der Waals surface area contributed by atoms with Crippen LogP contribution in [0.25, 0.3) is 10.8 Å². The Balaban J connectivity index is 2.45. The van der Waals surface area contributed by atoms with Gasteiger partial charge in [0, 0.05) is 16.2 Å². The lowest BCUT2D eigenvalue weighted by Gasteiger charge is -2.11. The van der Waals surface area contributed by atoms with Gasteiger partial charge >= 0.3 is 0 Å². The van der Waals surface area contributed by atoms with Gasteiger partial charge in [-0.2, -0.15) is 0 Å². The van der Waals surface area contributed by atoms with Crippen LogP contribution in [-0.2, 0) is 0 Å². The van der Waals surface area contributed by atoms with Crippen LogP contribution in [0.2, 0.25) is 0 Å². The fourth-order valence-electron chi connectivity index (χ4n) is 2.36. The quantitative estimate of drug-likeness (QED) is 0.199. The van der Waals surface area contributed by atoms with Gasteiger partial charge in [-0.3, -0.25) is 0 Å². The zero-order valence-electron chi connectivity index (χ0n) is 12.5. The van der Waals surface area contributed by atoms with Crippen LogP contribution in [0.15, 0.2) is 5.38 Å². The van der Waals surface area contributed by atoms with Crippen LogP contribution >= 0.6 is 11.3 Å². The third-order valence-electron chi connectivity index (χ3n) is 3.62. The van der Waals surface area contributed by atoms with Crippen LogP contribution in [0, 0.1) is 65.3 Å². The van der Waals surface area contributed by atoms with Gasteiger partial charge in [0.05, 0.1) is 5.56 Å². The number of thiophene rings is 1. The molecule has 2 aromatic carbocycles. The molecule has 0 saturated carbocycles. The molecule has 3 rings (SSSR count). The monoisotopic (exact) mass is 392 g/mol. The first-order valence-electron chi connectivity index (χ1n) is 6.74. The van der Waals surface area contributed by atoms with Crippen molar-refractivity contribution in [1.29, 1.82) is 0 Å². The van der Waals surface area contributed by atoms with Crippen LogP contribution in [0.5, 0.6) is 0 Å². The van der Waals surface area contributed by atoms with Gasteiger partial charge in [-0.25, -0.2) is 35.1 Å². The Labute approximate surface area is 144 Å². The van der Waals surface area contributed by atoms with Crippen LogP contribution in [-0.4, -0.2) is 0 Å². The molecule has 134 valence electrons. The van der Waals surface area contributed by atoms with Crippen molar-refractivity contribution in [3.63, 3.8) is 0 Å². The van der Waals surface area contributed by atoms with Gasteiger partial charge in [0.1, 0.15) is 4.88 Å². The number of hydrogen-bond acceptors (Lipinski definition) is 1. The molecule has 1 heterocycles. The maximum absolute atomic E-state index is 14.2. The fourth-order valence-corrected chi connectivity index (χ4v) is 2.99. The van der Waals surface area contributed by atoms with E-state index in [1.54, 1.807) is 0 Å². The van der Waals surface area contributed by atoms with Crippen molar-refractivity contribution in [2.24, 2.45) is 0 Å². The second-order valence-electron chi connectivity index (χ2n) is 5.11. The summed E-state index contributed by atoms with van der Waals surface area (Å²) in [6.45, 7) is 0.839. The molecule has 0 nitrogen and oxygen atoms in total. The average molecular weight is 392 g/mol. The van der Waals surface area contributed by atoms with Crippen molar-refractivity contribution in [3.05, 3.63) is 67.9 Å². The molecule has 0 aliphatic carbocycles. The standard InChI is InChI=1S/C17H4F8S/c1-5-9-10(15(23)17(25)16(24)14(9)22)6(12(20)11(5)19)2-3-8-13(21)7(18)4-26-8/h4H,1H3. The third kappa shape index (κ3) is 2.52. The maximum atomic E-state index is 14.2. The Morgan fingerprint density at radius 1 is 0.654 bits per heavy atom. The fraction of sp³-hybridized carbons (Fsp3) is 0.0588. The number of hydrogen-bond donors (Lipinski definition) is 0. The number of benzene rings is 2. The van der Waals surface area contributed by atoms with Gasteiger partial charge in [-0.05, 0) is 18.4 Å². The highest BCUT2D eigenvalue weighted by atomic mass is 32.1. The minimum Gasteiger partial charge on any atom is -0.203 e. The van der Waals surface area contributed by atoms with E-state index in [0.717, 1.165) is 12.3 Å². The summed E-state index contributed by atoms with van der Waals surface area (Å²) in [5.74, 6) is -10.6. The van der Waals surface area contributed by atoms with Crippen molar-refractivity contribution in [2.75, 3.05) is 0 Å². The molecule has 3 aromatic rings. The van der Waals surface area contributed by atoms with Crippen LogP contribution < -0.4 is 0 Å². The largest absolute Gasteiger partial charge is 0.203 e. The highest BCUT2D eigenvalue weighted by Crippen LogP contribution is 2.34. The van der Waals surface area contributed by atoms with Gasteiger partial charge in [0.2, 0.25) is 0 Å². The molecule has 0 amide bonds. The Hall–Kier alpha value is -2.60. The first-order valence-corrected chi connectivity index (χ1v) is 7.62. The first-order chi connectivity index (χ1) is 12.2. The summed E-state index contributed by atoms with van der Waals surface area (Å²) in [4.78, 5) is -0.528. The van der Waals surface area contributed by atoms with Crippen LogP contribution in [0.3, 0.4) is 0 Å². The van der Waals surface area contributed by atoms with Gasteiger partial charge in [0.15, 0.2) is 46.5 Å². The minimum atomic E-state index is -2.24. The zero-order chi connectivity index (χ0) is 19.3. The highest BCUT2D eigenvalue weighted by Gasteiger charge is 2.28. The van der Waals surface area contributed by atoms with Crippen molar-refractivity contribution in [2.45, 2.75) is 6.92 Å². The van der Waals surface area contributed by atoms with Crippen LogP contribution in [0.1, 0.15) is 16.0 Å². The Morgan fingerprint density at radius 3 is 1.77 bits per heavy atom. The van der Waals surface area contributed by atoms with Crippen LogP contribution in [0.4, 0.5) is 35.1 Å². The molecule has 9 heteroatoms. The van der Waals surface area contributed by atoms with E-state index in [-0.39, 0.29) is 0 Å². The van der Waals surface area contributed by atoms with E-state index in [2.05, 4.69) is 0 Å². The molecule has 0 saturated heterocycles. The molecule has 26 heavy (non-hydrogen) atoms. The number of rotatable bonds is 0. The Bertz CT molecular complexity index is 1130. The molecule has 0 atom stereocenters. The summed E-state index contributed by atoms with van der Waals surface area (Å²) in [6, 6.07) is 0. The molecule has 0 unspecified atom stereocenters. The van der Waals surface area contributed by atoms with Crippen molar-refractivity contribution >= 4 is 22.1 Å². The lowest BCUT2D eigenvalue weighted by molar-refractivity contribution is 0.416. The average Bonchev–Trinajstić information content (AvgIpc) is 2.93. The van der Waals surface area contributed by atoms with Gasteiger partial charge in [-0.1, -0.05) is 5.92 Å². The van der Waals surface area contributed by atoms with E-state index in [4.69, 9.17) is 0 Å². The normalized spacial score (nSPS) is 11.0. The van der Waals surface area contributed by atoms with E-state index < -0.39 is 73.3 Å². The first kappa shape index (κ1) is 18.2. The highest BCUT2D eigenvalue weighted by molar-refractivity contribution is 7.10. The predicted octanol–water partition coefficient (Wildman–Crippen LogP) is 5.72. The van der Waals surface area contributed by atoms with E-state index in [0.29, 0.717) is 11.3 Å². The second-order valence-corrected chi connectivity index (χ2v) is 5.99. The van der Waals surface area contributed by atoms with Gasteiger partial charge in [-0.15, -0.1) is 11.3 Å². The molecule has 0 radical (unpaired) electrons. The van der Waals surface area contributed by atoms with Crippen molar-refractivity contribution in [1.82, 2.24) is 0 Å². The Kier molecular flexibility index (Phi) is 4.40. The molecular weight excluding hydrogens is 388 g/mol. The van der Waals surface area contributed by atoms with Crippen molar-refractivity contribution < 1.29 is 35.1 Å². The van der Waals surface area contributed by atoms with E-state index in [1.165, 1.54) is 0 Å². The topological polar surface area (TPSA) is 0 Å². The molecule has 0 fully saturated rings. The molecule has 0 N–H and O–H groups in total. The number of fused-ring (bicyclic) bond motifs is 1.